The highest BCUT2D eigenvalue weighted by atomic mass is 35.5. The minimum absolute atomic E-state index is 0.0631. The molecule has 1 saturated heterocycles. The number of piperazine rings is 1. The van der Waals surface area contributed by atoms with Gasteiger partial charge in [0.1, 0.15) is 11.7 Å². The molecule has 6 nitrogen and oxygen atoms in total. The summed E-state index contributed by atoms with van der Waals surface area (Å²) in [5, 5.41) is 31.6. The van der Waals surface area contributed by atoms with Crippen LogP contribution in [0.25, 0.3) is 0 Å². The van der Waals surface area contributed by atoms with Crippen molar-refractivity contribution < 1.29 is 10.2 Å². The molecule has 0 unspecified atom stereocenters. The Bertz CT molecular complexity index is 1190. The third-order valence-corrected chi connectivity index (χ3v) is 6.65. The van der Waals surface area contributed by atoms with E-state index in [1.165, 1.54) is 0 Å². The van der Waals surface area contributed by atoms with Gasteiger partial charge < -0.3 is 15.1 Å². The highest BCUT2D eigenvalue weighted by molar-refractivity contribution is 6.31. The Morgan fingerprint density at radius 1 is 1.09 bits per heavy atom. The number of aliphatic hydroxyl groups excluding tert-OH is 1. The first kappa shape index (κ1) is 24.5. The van der Waals surface area contributed by atoms with E-state index in [1.54, 1.807) is 37.3 Å². The van der Waals surface area contributed by atoms with Gasteiger partial charge in [-0.15, -0.1) is 0 Å². The van der Waals surface area contributed by atoms with Gasteiger partial charge in [0.2, 0.25) is 0 Å². The average molecular weight is 497 g/mol. The summed E-state index contributed by atoms with van der Waals surface area (Å²) in [6.07, 6.45) is 0. The molecule has 2 aromatic carbocycles. The number of aliphatic hydroxyl groups is 2. The zero-order chi connectivity index (χ0) is 24.3. The number of β-amino-alcohol motifs (C(OH)–C–C–N with tert-alkyl or cyclic N) is 1. The summed E-state index contributed by atoms with van der Waals surface area (Å²) in [4.78, 5) is 8.82. The van der Waals surface area contributed by atoms with Gasteiger partial charge in [0.15, 0.2) is 0 Å². The van der Waals surface area contributed by atoms with Crippen LogP contribution in [0.3, 0.4) is 0 Å². The van der Waals surface area contributed by atoms with Gasteiger partial charge in [0, 0.05) is 36.2 Å². The molecule has 3 aromatic rings. The van der Waals surface area contributed by atoms with Crippen molar-refractivity contribution in [1.82, 2.24) is 9.88 Å². The van der Waals surface area contributed by atoms with Gasteiger partial charge in [0.05, 0.1) is 35.3 Å². The second-order valence-corrected chi connectivity index (χ2v) is 9.59. The minimum atomic E-state index is -1.20. The molecule has 1 fully saturated rings. The Hall–Kier alpha value is -2.66. The second kappa shape index (κ2) is 10.3. The van der Waals surface area contributed by atoms with Crippen molar-refractivity contribution in [2.75, 3.05) is 31.1 Å². The van der Waals surface area contributed by atoms with Gasteiger partial charge in [0.25, 0.3) is 0 Å². The standard InChI is InChI=1S/C26H26Cl2N4O2/c1-26(34,25-4-2-3-22(16-33)30-25)17-31-11-12-32(23-10-9-21(28)13-19(23)14-29)24(15-31)18-5-7-20(27)8-6-18/h2-10,13,24,33-34H,11-12,15-17H2,1H3/t24-,26+/m0/s1. The van der Waals surface area contributed by atoms with Crippen LogP contribution in [-0.2, 0) is 12.2 Å². The monoisotopic (exact) mass is 496 g/mol. The fraction of sp³-hybridized carbons (Fsp3) is 0.308. The van der Waals surface area contributed by atoms with Crippen LogP contribution in [-0.4, -0.2) is 46.3 Å². The highest BCUT2D eigenvalue weighted by Crippen LogP contribution is 2.35. The predicted molar refractivity (Wildman–Crippen MR) is 134 cm³/mol. The molecule has 0 bridgehead atoms. The van der Waals surface area contributed by atoms with Gasteiger partial charge in [-0.05, 0) is 55.0 Å². The van der Waals surface area contributed by atoms with Gasteiger partial charge in [-0.3, -0.25) is 9.88 Å². The Morgan fingerprint density at radius 3 is 2.53 bits per heavy atom. The molecule has 0 aliphatic carbocycles. The third-order valence-electron chi connectivity index (χ3n) is 6.16. The summed E-state index contributed by atoms with van der Waals surface area (Å²) in [7, 11) is 0. The van der Waals surface area contributed by atoms with Crippen molar-refractivity contribution in [3.63, 3.8) is 0 Å². The number of anilines is 1. The SMILES string of the molecule is C[C@@](O)(CN1CCN(c2ccc(Cl)cc2C#N)[C@H](c2ccc(Cl)cc2)C1)c1cccc(CO)n1. The first-order chi connectivity index (χ1) is 16.3. The molecule has 0 spiro atoms. The lowest BCUT2D eigenvalue weighted by molar-refractivity contribution is 0.00648. The van der Waals surface area contributed by atoms with Crippen LogP contribution in [0.2, 0.25) is 10.0 Å². The Morgan fingerprint density at radius 2 is 1.82 bits per heavy atom. The largest absolute Gasteiger partial charge is 0.390 e. The van der Waals surface area contributed by atoms with E-state index in [0.717, 1.165) is 11.3 Å². The van der Waals surface area contributed by atoms with E-state index < -0.39 is 5.60 Å². The molecule has 2 atom stereocenters. The number of nitriles is 1. The summed E-state index contributed by atoms with van der Waals surface area (Å²) in [6, 6.07) is 20.6. The fourth-order valence-corrected chi connectivity index (χ4v) is 4.77. The average Bonchev–Trinajstić information content (AvgIpc) is 2.84. The summed E-state index contributed by atoms with van der Waals surface area (Å²) in [6.45, 7) is 3.91. The molecule has 0 radical (unpaired) electrons. The maximum absolute atomic E-state index is 11.3. The second-order valence-electron chi connectivity index (χ2n) is 8.72. The van der Waals surface area contributed by atoms with Crippen molar-refractivity contribution >= 4 is 28.9 Å². The van der Waals surface area contributed by atoms with E-state index in [4.69, 9.17) is 23.2 Å². The van der Waals surface area contributed by atoms with Gasteiger partial charge in [-0.1, -0.05) is 41.4 Å². The van der Waals surface area contributed by atoms with Crippen LogP contribution in [0.1, 0.15) is 35.5 Å². The lowest BCUT2D eigenvalue weighted by Crippen LogP contribution is -2.52. The molecule has 2 N–H and O–H groups in total. The summed E-state index contributed by atoms with van der Waals surface area (Å²) >= 11 is 12.3. The van der Waals surface area contributed by atoms with E-state index in [2.05, 4.69) is 20.9 Å². The fourth-order valence-electron chi connectivity index (χ4n) is 4.47. The Labute approximate surface area is 209 Å². The van der Waals surface area contributed by atoms with Gasteiger partial charge in [-0.25, -0.2) is 0 Å². The van der Waals surface area contributed by atoms with Crippen LogP contribution in [0.15, 0.2) is 60.7 Å². The Kier molecular flexibility index (Phi) is 7.42. The molecule has 0 saturated carbocycles. The van der Waals surface area contributed by atoms with Gasteiger partial charge >= 0.3 is 0 Å². The van der Waals surface area contributed by atoms with Crippen molar-refractivity contribution in [3.05, 3.63) is 93.2 Å². The van der Waals surface area contributed by atoms with Crippen LogP contribution >= 0.6 is 23.2 Å². The van der Waals surface area contributed by atoms with Crippen LogP contribution < -0.4 is 4.90 Å². The summed E-state index contributed by atoms with van der Waals surface area (Å²) < 4.78 is 0. The summed E-state index contributed by atoms with van der Waals surface area (Å²) in [5.41, 5.74) is 2.26. The molecular formula is C26H26Cl2N4O2. The third kappa shape index (κ3) is 5.35. The van der Waals surface area contributed by atoms with E-state index in [0.29, 0.717) is 53.2 Å². The van der Waals surface area contributed by atoms with Crippen molar-refractivity contribution in [2.24, 2.45) is 0 Å². The van der Waals surface area contributed by atoms with E-state index in [1.807, 2.05) is 30.3 Å². The first-order valence-electron chi connectivity index (χ1n) is 11.0. The quantitative estimate of drug-likeness (QED) is 0.521. The van der Waals surface area contributed by atoms with Crippen molar-refractivity contribution in [3.8, 4) is 6.07 Å². The molecule has 1 aromatic heterocycles. The molecule has 2 heterocycles. The molecule has 0 amide bonds. The van der Waals surface area contributed by atoms with Gasteiger partial charge in [-0.2, -0.15) is 5.26 Å². The number of rotatable bonds is 6. The lowest BCUT2D eigenvalue weighted by Gasteiger charge is -2.45. The van der Waals surface area contributed by atoms with Crippen molar-refractivity contribution in [2.45, 2.75) is 25.2 Å². The smallest absolute Gasteiger partial charge is 0.116 e. The van der Waals surface area contributed by atoms with Crippen LogP contribution in [0, 0.1) is 11.3 Å². The number of hydrogen-bond acceptors (Lipinski definition) is 6. The molecule has 1 aliphatic rings. The molecule has 4 rings (SSSR count). The predicted octanol–water partition coefficient (Wildman–Crippen LogP) is 4.52. The molecule has 34 heavy (non-hydrogen) atoms. The number of benzene rings is 2. The van der Waals surface area contributed by atoms with E-state index in [9.17, 15) is 15.5 Å². The molecular weight excluding hydrogens is 471 g/mol. The molecule has 8 heteroatoms. The van der Waals surface area contributed by atoms with Crippen molar-refractivity contribution in [1.29, 1.82) is 5.26 Å². The van der Waals surface area contributed by atoms with Crippen LogP contribution in [0.4, 0.5) is 5.69 Å². The van der Waals surface area contributed by atoms with E-state index in [-0.39, 0.29) is 12.6 Å². The number of aromatic nitrogens is 1. The number of halogens is 2. The number of nitrogens with zero attached hydrogens (tertiary/aromatic N) is 4. The normalized spacial score (nSPS) is 18.4. The topological polar surface area (TPSA) is 83.6 Å². The zero-order valence-corrected chi connectivity index (χ0v) is 20.3. The van der Waals surface area contributed by atoms with Crippen LogP contribution in [0.5, 0.6) is 0 Å². The number of hydrogen-bond donors (Lipinski definition) is 2. The highest BCUT2D eigenvalue weighted by Gasteiger charge is 2.34. The maximum Gasteiger partial charge on any atom is 0.116 e. The van der Waals surface area contributed by atoms with E-state index >= 15 is 0 Å². The zero-order valence-electron chi connectivity index (χ0n) is 18.8. The minimum Gasteiger partial charge on any atom is -0.390 e. The molecule has 1 aliphatic heterocycles. The first-order valence-corrected chi connectivity index (χ1v) is 11.8. The Balaban J connectivity index is 1.63. The lowest BCUT2D eigenvalue weighted by atomic mass is 9.96. The maximum atomic E-state index is 11.3. The molecule has 176 valence electrons. The number of pyridine rings is 1. The summed E-state index contributed by atoms with van der Waals surface area (Å²) in [5.74, 6) is 0.